The highest BCUT2D eigenvalue weighted by Gasteiger charge is 2.48. The molecule has 0 atom stereocenters. The molecule has 2 heterocycles. The van der Waals surface area contributed by atoms with E-state index < -0.39 is 15.6 Å². The molecular weight excluding hydrogens is 264 g/mol. The zero-order valence-corrected chi connectivity index (χ0v) is 12.6. The molecule has 0 aromatic carbocycles. The van der Waals surface area contributed by atoms with Crippen molar-refractivity contribution in [2.75, 3.05) is 19.3 Å². The predicted octanol–water partition coefficient (Wildman–Crippen LogP) is 1.10. The molecule has 1 aliphatic heterocycles. The van der Waals surface area contributed by atoms with Crippen molar-refractivity contribution >= 4 is 10.0 Å². The van der Waals surface area contributed by atoms with Crippen LogP contribution in [-0.4, -0.2) is 41.8 Å². The largest absolute Gasteiger partial charge is 0.263 e. The number of hydrogen-bond acceptors (Lipinski definition) is 4. The molecule has 0 spiro atoms. The Morgan fingerprint density at radius 3 is 2.42 bits per heavy atom. The van der Waals surface area contributed by atoms with E-state index in [-0.39, 0.29) is 6.42 Å². The highest BCUT2D eigenvalue weighted by Crippen LogP contribution is 2.33. The van der Waals surface area contributed by atoms with Gasteiger partial charge in [-0.05, 0) is 12.5 Å². The molecule has 0 saturated carbocycles. The lowest BCUT2D eigenvalue weighted by atomic mass is 9.89. The number of aromatic nitrogens is 2. The summed E-state index contributed by atoms with van der Waals surface area (Å²) in [6.07, 6.45) is 5.00. The third kappa shape index (κ3) is 3.14. The van der Waals surface area contributed by atoms with E-state index in [1.165, 1.54) is 10.6 Å². The molecule has 106 valence electrons. The summed E-state index contributed by atoms with van der Waals surface area (Å²) < 4.78 is 25.8. The molecule has 0 bridgehead atoms. The number of nitriles is 1. The van der Waals surface area contributed by atoms with Crippen LogP contribution in [0.15, 0.2) is 12.4 Å². The van der Waals surface area contributed by atoms with Gasteiger partial charge in [-0.15, -0.1) is 0 Å². The fourth-order valence-corrected chi connectivity index (χ4v) is 2.95. The molecule has 2 rings (SSSR count). The first-order chi connectivity index (χ1) is 8.87. The first-order valence-corrected chi connectivity index (χ1v) is 8.06. The number of aryl methyl sites for hydroxylation is 1. The molecule has 1 aromatic rings. The fraction of sp³-hybridized carbons (Fsp3) is 0.667. The van der Waals surface area contributed by atoms with Crippen LogP contribution in [0.2, 0.25) is 0 Å². The van der Waals surface area contributed by atoms with E-state index in [1.807, 2.05) is 27.0 Å². The van der Waals surface area contributed by atoms with Crippen molar-refractivity contribution in [3.05, 3.63) is 18.0 Å². The second-order valence-corrected chi connectivity index (χ2v) is 6.53. The van der Waals surface area contributed by atoms with E-state index in [1.54, 1.807) is 10.9 Å². The van der Waals surface area contributed by atoms with Gasteiger partial charge in [0.1, 0.15) is 5.54 Å². The highest BCUT2D eigenvalue weighted by atomic mass is 32.2. The number of rotatable bonds is 3. The van der Waals surface area contributed by atoms with Crippen LogP contribution in [0.25, 0.3) is 0 Å². The van der Waals surface area contributed by atoms with Crippen molar-refractivity contribution < 1.29 is 8.42 Å². The third-order valence-electron chi connectivity index (χ3n) is 3.02. The minimum Gasteiger partial charge on any atom is -0.263 e. The molecule has 6 nitrogen and oxygen atoms in total. The lowest BCUT2D eigenvalue weighted by molar-refractivity contribution is 0.0723. The van der Waals surface area contributed by atoms with E-state index in [2.05, 4.69) is 11.2 Å². The first kappa shape index (κ1) is 15.7. The van der Waals surface area contributed by atoms with Gasteiger partial charge in [0.05, 0.1) is 24.9 Å². The van der Waals surface area contributed by atoms with Crippen molar-refractivity contribution in [1.29, 1.82) is 5.26 Å². The number of sulfonamides is 1. The van der Waals surface area contributed by atoms with Gasteiger partial charge in [-0.3, -0.25) is 4.68 Å². The zero-order valence-electron chi connectivity index (χ0n) is 11.8. The summed E-state index contributed by atoms with van der Waals surface area (Å²) in [4.78, 5) is 0. The number of nitrogens with zero attached hydrogens (tertiary/aromatic N) is 4. The van der Waals surface area contributed by atoms with Crippen LogP contribution in [0.1, 0.15) is 25.8 Å². The summed E-state index contributed by atoms with van der Waals surface area (Å²) in [6.45, 7) is 6.55. The van der Waals surface area contributed by atoms with Crippen LogP contribution in [0.4, 0.5) is 0 Å². The maximum absolute atomic E-state index is 11.4. The molecule has 1 fully saturated rings. The number of hydrogen-bond donors (Lipinski definition) is 0. The minimum atomic E-state index is -3.17. The van der Waals surface area contributed by atoms with Crippen LogP contribution >= 0.6 is 0 Å². The molecule has 1 aliphatic rings. The molecule has 0 amide bonds. The third-order valence-corrected chi connectivity index (χ3v) is 4.21. The summed E-state index contributed by atoms with van der Waals surface area (Å²) >= 11 is 0. The maximum atomic E-state index is 11.4. The standard InChI is InChI=1S/C10H14N4O2S.C2H6/c1-9-5-12-14(6-9)10(3-4-11)7-13(8-10)17(2,15)16;1-2/h5-6H,3,7-8H2,1-2H3;1-2H3. The maximum Gasteiger partial charge on any atom is 0.211 e. The lowest BCUT2D eigenvalue weighted by Gasteiger charge is -2.47. The summed E-state index contributed by atoms with van der Waals surface area (Å²) in [6, 6.07) is 2.11. The van der Waals surface area contributed by atoms with Gasteiger partial charge < -0.3 is 0 Å². The Kier molecular flexibility index (Phi) is 4.71. The summed E-state index contributed by atoms with van der Waals surface area (Å²) in [7, 11) is -3.17. The average molecular weight is 284 g/mol. The molecule has 0 unspecified atom stereocenters. The smallest absolute Gasteiger partial charge is 0.211 e. The van der Waals surface area contributed by atoms with Gasteiger partial charge in [0.15, 0.2) is 0 Å². The molecule has 19 heavy (non-hydrogen) atoms. The quantitative estimate of drug-likeness (QED) is 0.832. The SMILES string of the molecule is CC.Cc1cnn(C2(CC#N)CN(S(C)(=O)=O)C2)c1. The average Bonchev–Trinajstić information content (AvgIpc) is 2.71. The van der Waals surface area contributed by atoms with Gasteiger partial charge in [-0.25, -0.2) is 8.42 Å². The van der Waals surface area contributed by atoms with E-state index in [0.717, 1.165) is 5.56 Å². The van der Waals surface area contributed by atoms with Gasteiger partial charge in [0.2, 0.25) is 10.0 Å². The Labute approximate surface area is 114 Å². The Balaban J connectivity index is 0.000000861. The van der Waals surface area contributed by atoms with Crippen molar-refractivity contribution in [3.8, 4) is 6.07 Å². The van der Waals surface area contributed by atoms with Crippen LogP contribution in [-0.2, 0) is 15.6 Å². The Bertz CT molecular complexity index is 565. The normalized spacial score (nSPS) is 17.8. The fourth-order valence-electron chi connectivity index (χ4n) is 2.00. The monoisotopic (exact) mass is 284 g/mol. The van der Waals surface area contributed by atoms with Gasteiger partial charge in [0, 0.05) is 19.3 Å². The Hall–Kier alpha value is -1.39. The summed E-state index contributed by atoms with van der Waals surface area (Å²) in [5.41, 5.74) is 0.506. The molecule has 1 saturated heterocycles. The molecule has 0 N–H and O–H groups in total. The Morgan fingerprint density at radius 2 is 2.05 bits per heavy atom. The molecule has 0 radical (unpaired) electrons. The van der Waals surface area contributed by atoms with Crippen molar-refractivity contribution in [2.45, 2.75) is 32.7 Å². The van der Waals surface area contributed by atoms with Crippen LogP contribution in [0, 0.1) is 18.3 Å². The van der Waals surface area contributed by atoms with E-state index >= 15 is 0 Å². The predicted molar refractivity (Wildman–Crippen MR) is 72.9 cm³/mol. The molecular formula is C12H20N4O2S. The molecule has 0 aliphatic carbocycles. The summed E-state index contributed by atoms with van der Waals surface area (Å²) in [5, 5.41) is 13.1. The summed E-state index contributed by atoms with van der Waals surface area (Å²) in [5.74, 6) is 0. The molecule has 1 aromatic heterocycles. The highest BCUT2D eigenvalue weighted by molar-refractivity contribution is 7.88. The van der Waals surface area contributed by atoms with E-state index in [9.17, 15) is 8.42 Å². The van der Waals surface area contributed by atoms with Crippen LogP contribution in [0.3, 0.4) is 0 Å². The van der Waals surface area contributed by atoms with E-state index in [4.69, 9.17) is 5.26 Å². The second kappa shape index (κ2) is 5.72. The topological polar surface area (TPSA) is 79.0 Å². The Morgan fingerprint density at radius 1 is 1.47 bits per heavy atom. The van der Waals surface area contributed by atoms with Crippen LogP contribution in [0.5, 0.6) is 0 Å². The minimum absolute atomic E-state index is 0.264. The lowest BCUT2D eigenvalue weighted by Crippen LogP contribution is -2.63. The zero-order chi connectivity index (χ0) is 14.7. The van der Waals surface area contributed by atoms with Gasteiger partial charge in [0.25, 0.3) is 0 Å². The van der Waals surface area contributed by atoms with Crippen molar-refractivity contribution in [2.24, 2.45) is 0 Å². The first-order valence-electron chi connectivity index (χ1n) is 6.21. The van der Waals surface area contributed by atoms with Crippen molar-refractivity contribution in [1.82, 2.24) is 14.1 Å². The van der Waals surface area contributed by atoms with Gasteiger partial charge >= 0.3 is 0 Å². The van der Waals surface area contributed by atoms with E-state index in [0.29, 0.717) is 13.1 Å². The second-order valence-electron chi connectivity index (χ2n) is 4.55. The molecule has 7 heteroatoms. The van der Waals surface area contributed by atoms with Crippen LogP contribution < -0.4 is 0 Å². The van der Waals surface area contributed by atoms with Gasteiger partial charge in [-0.2, -0.15) is 14.7 Å². The van der Waals surface area contributed by atoms with Gasteiger partial charge in [-0.1, -0.05) is 13.8 Å². The van der Waals surface area contributed by atoms with Crippen molar-refractivity contribution in [3.63, 3.8) is 0 Å².